The minimum absolute atomic E-state index is 0.00694. The highest BCUT2D eigenvalue weighted by molar-refractivity contribution is 7.17. The number of anilines is 1. The van der Waals surface area contributed by atoms with E-state index < -0.39 is 17.6 Å². The van der Waals surface area contributed by atoms with Crippen molar-refractivity contribution in [2.24, 2.45) is 22.7 Å². The number of likely N-dealkylation sites (tertiary alicyclic amines) is 1. The zero-order valence-corrected chi connectivity index (χ0v) is 34.9. The van der Waals surface area contributed by atoms with Gasteiger partial charge in [-0.25, -0.2) is 14.2 Å². The van der Waals surface area contributed by atoms with Gasteiger partial charge in [0.05, 0.1) is 57.8 Å². The molecule has 0 radical (unpaired) electrons. The number of nitrogens with zero attached hydrogens (tertiary/aromatic N) is 3. The topological polar surface area (TPSA) is 121 Å². The summed E-state index contributed by atoms with van der Waals surface area (Å²) in [6.45, 7) is 6.37. The second-order valence-electron chi connectivity index (χ2n) is 17.3. The lowest BCUT2D eigenvalue weighted by Gasteiger charge is -2.49. The van der Waals surface area contributed by atoms with E-state index in [4.69, 9.17) is 14.6 Å². The summed E-state index contributed by atoms with van der Waals surface area (Å²) in [6.07, 6.45) is 8.12. The maximum Gasteiger partial charge on any atom is 0.401 e. The fraction of sp³-hybridized carbons (Fsp3) is 0.636. The predicted octanol–water partition coefficient (Wildman–Crippen LogP) is 8.54. The average Bonchev–Trinajstić information content (AvgIpc) is 3.75. The number of amides is 1. The SMILES string of the molecule is CC(OCC1CCCCC1)C(COC1CCCCC1)NC(=O)C1CN(c2cc(F)cc3ncsc23)CC12CN(C)C2.O=C(O)c1ccccc1.O=CC1(C(F)(F)F)CC1. The summed E-state index contributed by atoms with van der Waals surface area (Å²) in [5.41, 5.74) is 1.54. The summed E-state index contributed by atoms with van der Waals surface area (Å²) in [5.74, 6) is -0.657. The number of hydrogen-bond donors (Lipinski definition) is 2. The number of hydrogen-bond acceptors (Lipinski definition) is 9. The Morgan fingerprint density at radius 1 is 1.02 bits per heavy atom. The monoisotopic (exact) mass is 846 g/mol. The van der Waals surface area contributed by atoms with Crippen LogP contribution in [0.15, 0.2) is 48.0 Å². The lowest BCUT2D eigenvalue weighted by Crippen LogP contribution is -2.62. The Balaban J connectivity index is 0.000000267. The third kappa shape index (κ3) is 11.4. The van der Waals surface area contributed by atoms with Crippen LogP contribution >= 0.6 is 11.3 Å². The van der Waals surface area contributed by atoms with E-state index in [0.29, 0.717) is 30.1 Å². The number of carboxylic acid groups (broad SMARTS) is 1. The Hall–Kier alpha value is -3.66. The van der Waals surface area contributed by atoms with E-state index >= 15 is 0 Å². The van der Waals surface area contributed by atoms with Crippen molar-refractivity contribution in [1.29, 1.82) is 0 Å². The van der Waals surface area contributed by atoms with E-state index in [1.165, 1.54) is 68.8 Å². The molecule has 324 valence electrons. The Bertz CT molecular complexity index is 1840. The fourth-order valence-corrected chi connectivity index (χ4v) is 9.82. The van der Waals surface area contributed by atoms with Gasteiger partial charge in [-0.1, -0.05) is 56.7 Å². The highest BCUT2D eigenvalue weighted by Gasteiger charge is 2.63. The Morgan fingerprint density at radius 2 is 1.68 bits per heavy atom. The van der Waals surface area contributed by atoms with Gasteiger partial charge in [-0.3, -0.25) is 4.79 Å². The van der Waals surface area contributed by atoms with Crippen LogP contribution in [0.25, 0.3) is 10.2 Å². The minimum atomic E-state index is -4.31. The van der Waals surface area contributed by atoms with E-state index in [-0.39, 0.29) is 60.4 Å². The standard InChI is InChI=1S/C32H47FN4O3S.C7H6O2.C5H5F3O/c1-22(39-16-23-9-5-3-6-10-23)28(17-40-25-11-7-4-8-12-25)35-31(38)26-15-37(20-32(26)18-36(2)19-32)29-14-24(33)13-27-30(29)41-21-34-27;8-7(9)6-4-2-1-3-5-6;6-5(7,8)4(3-9)1-2-4/h13-14,21-23,25-26,28H,3-12,15-20H2,1-2H3,(H,35,38);1-5H,(H,8,9);3H,1-2H2. The summed E-state index contributed by atoms with van der Waals surface area (Å²) in [6, 6.07) is 11.2. The number of aromatic carboxylic acids is 1. The van der Waals surface area contributed by atoms with Gasteiger partial charge in [0.2, 0.25) is 5.91 Å². The van der Waals surface area contributed by atoms with Gasteiger partial charge in [-0.2, -0.15) is 13.2 Å². The van der Waals surface area contributed by atoms with Gasteiger partial charge in [0.25, 0.3) is 0 Å². The number of aldehydes is 1. The normalized spacial score (nSPS) is 22.6. The van der Waals surface area contributed by atoms with Crippen LogP contribution in [0.1, 0.15) is 94.3 Å². The number of fused-ring (bicyclic) bond motifs is 1. The van der Waals surface area contributed by atoms with Crippen molar-refractivity contribution in [3.05, 3.63) is 59.4 Å². The van der Waals surface area contributed by atoms with Gasteiger partial charge in [0.1, 0.15) is 17.5 Å². The minimum Gasteiger partial charge on any atom is -0.478 e. The highest BCUT2D eigenvalue weighted by atomic mass is 32.1. The zero-order chi connectivity index (χ0) is 42.2. The Kier molecular flexibility index (Phi) is 15.1. The van der Waals surface area contributed by atoms with Gasteiger partial charge in [-0.05, 0) is 76.6 Å². The summed E-state index contributed by atoms with van der Waals surface area (Å²) >= 11 is 1.53. The molecule has 3 saturated carbocycles. The molecule has 15 heteroatoms. The summed E-state index contributed by atoms with van der Waals surface area (Å²) in [7, 11) is 2.11. The molecule has 5 aliphatic rings. The lowest BCUT2D eigenvalue weighted by atomic mass is 9.71. The van der Waals surface area contributed by atoms with Gasteiger partial charge in [0.15, 0.2) is 0 Å². The quantitative estimate of drug-likeness (QED) is 0.137. The molecular formula is C44H58F4N4O6S. The summed E-state index contributed by atoms with van der Waals surface area (Å²) in [4.78, 5) is 43.0. The first-order chi connectivity index (χ1) is 28.2. The molecule has 1 aromatic heterocycles. The van der Waals surface area contributed by atoms with E-state index in [1.54, 1.807) is 41.9 Å². The number of halogens is 4. The number of benzene rings is 2. The molecule has 3 atom stereocenters. The van der Waals surface area contributed by atoms with Crippen molar-refractivity contribution < 1.29 is 46.5 Å². The maximum atomic E-state index is 14.6. The first kappa shape index (κ1) is 44.9. The molecule has 2 aromatic carbocycles. The van der Waals surface area contributed by atoms with Crippen molar-refractivity contribution in [3.8, 4) is 0 Å². The molecular weight excluding hydrogens is 789 g/mol. The predicted molar refractivity (Wildman–Crippen MR) is 219 cm³/mol. The third-order valence-corrected chi connectivity index (χ3v) is 13.6. The Morgan fingerprint density at radius 3 is 2.24 bits per heavy atom. The number of nitrogens with one attached hydrogen (secondary N) is 1. The van der Waals surface area contributed by atoms with Crippen LogP contribution in [0.5, 0.6) is 0 Å². The molecule has 0 bridgehead atoms. The average molecular weight is 847 g/mol. The fourth-order valence-electron chi connectivity index (χ4n) is 9.01. The highest BCUT2D eigenvalue weighted by Crippen LogP contribution is 2.55. The van der Waals surface area contributed by atoms with Crippen molar-refractivity contribution >= 4 is 45.4 Å². The van der Waals surface area contributed by atoms with Gasteiger partial charge >= 0.3 is 12.1 Å². The van der Waals surface area contributed by atoms with E-state index in [1.807, 2.05) is 0 Å². The number of ether oxygens (including phenoxy) is 2. The van der Waals surface area contributed by atoms with Crippen molar-refractivity contribution in [2.75, 3.05) is 51.3 Å². The maximum absolute atomic E-state index is 14.6. The van der Waals surface area contributed by atoms with Crippen LogP contribution < -0.4 is 10.2 Å². The van der Waals surface area contributed by atoms with E-state index in [0.717, 1.165) is 49.5 Å². The molecule has 3 aliphatic carbocycles. The van der Waals surface area contributed by atoms with Crippen LogP contribution in [0, 0.1) is 28.5 Å². The van der Waals surface area contributed by atoms with Gasteiger partial charge in [0, 0.05) is 44.3 Å². The molecule has 59 heavy (non-hydrogen) atoms. The smallest absolute Gasteiger partial charge is 0.401 e. The van der Waals surface area contributed by atoms with Crippen molar-refractivity contribution in [1.82, 2.24) is 15.2 Å². The molecule has 2 N–H and O–H groups in total. The van der Waals surface area contributed by atoms with E-state index in [9.17, 15) is 31.9 Å². The van der Waals surface area contributed by atoms with Crippen LogP contribution in [0.3, 0.4) is 0 Å². The molecule has 2 aliphatic heterocycles. The number of aromatic nitrogens is 1. The van der Waals surface area contributed by atoms with Crippen molar-refractivity contribution in [3.63, 3.8) is 0 Å². The van der Waals surface area contributed by atoms with E-state index in [2.05, 4.69) is 34.1 Å². The van der Waals surface area contributed by atoms with Crippen LogP contribution in [-0.2, 0) is 19.1 Å². The first-order valence-electron chi connectivity index (χ1n) is 21.0. The van der Waals surface area contributed by atoms with Crippen molar-refractivity contribution in [2.45, 2.75) is 108 Å². The molecule has 3 aromatic rings. The summed E-state index contributed by atoms with van der Waals surface area (Å²) in [5, 5.41) is 11.8. The van der Waals surface area contributed by atoms with Crippen LogP contribution in [-0.4, -0.2) is 104 Å². The zero-order valence-electron chi connectivity index (χ0n) is 34.1. The number of alkyl halides is 3. The molecule has 1 spiro atoms. The molecule has 3 unspecified atom stereocenters. The molecule has 10 nitrogen and oxygen atoms in total. The molecule has 2 saturated heterocycles. The second-order valence-corrected chi connectivity index (χ2v) is 18.1. The molecule has 5 fully saturated rings. The number of rotatable bonds is 12. The largest absolute Gasteiger partial charge is 0.478 e. The second kappa shape index (κ2) is 19.8. The number of carbonyl (C=O) groups excluding carboxylic acids is 2. The molecule has 3 heterocycles. The third-order valence-electron chi connectivity index (χ3n) is 12.7. The first-order valence-corrected chi connectivity index (χ1v) is 21.9. The number of carboxylic acids is 1. The summed E-state index contributed by atoms with van der Waals surface area (Å²) < 4.78 is 63.4. The Labute approximate surface area is 348 Å². The van der Waals surface area contributed by atoms with Gasteiger partial charge < -0.3 is 34.5 Å². The lowest BCUT2D eigenvalue weighted by molar-refractivity contribution is -0.183. The van der Waals surface area contributed by atoms with Crippen LogP contribution in [0.2, 0.25) is 0 Å². The van der Waals surface area contributed by atoms with Gasteiger partial charge in [-0.15, -0.1) is 11.3 Å². The number of carbonyl (C=O) groups is 3. The molecule has 1 amide bonds. The molecule has 8 rings (SSSR count). The number of thiazole rings is 1. The van der Waals surface area contributed by atoms with Crippen LogP contribution in [0.4, 0.5) is 23.2 Å².